The molecule has 0 aromatic rings. The van der Waals surface area contributed by atoms with Crippen molar-refractivity contribution in [2.75, 3.05) is 0 Å². The molecule has 2 nitrogen and oxygen atoms in total. The second-order valence-corrected chi connectivity index (χ2v) is 3.24. The molecular formula is C7H10O2. The second-order valence-electron chi connectivity index (χ2n) is 3.24. The van der Waals surface area contributed by atoms with Crippen LogP contribution in [-0.2, 0) is 9.53 Å². The summed E-state index contributed by atoms with van der Waals surface area (Å²) in [5.74, 6) is 0.309. The van der Waals surface area contributed by atoms with Gasteiger partial charge in [-0.25, -0.2) is 0 Å². The summed E-state index contributed by atoms with van der Waals surface area (Å²) in [6.07, 6.45) is 2.64. The van der Waals surface area contributed by atoms with Crippen molar-refractivity contribution in [2.24, 2.45) is 0 Å². The Morgan fingerprint density at radius 2 is 2.56 bits per heavy atom. The summed E-state index contributed by atoms with van der Waals surface area (Å²) < 4.78 is 5.42. The van der Waals surface area contributed by atoms with Crippen molar-refractivity contribution >= 4 is 5.78 Å². The fourth-order valence-corrected chi connectivity index (χ4v) is 1.74. The van der Waals surface area contributed by atoms with Crippen molar-refractivity contribution in [3.05, 3.63) is 0 Å². The summed E-state index contributed by atoms with van der Waals surface area (Å²) in [5, 5.41) is 0. The van der Waals surface area contributed by atoms with Crippen LogP contribution in [0, 0.1) is 0 Å². The minimum absolute atomic E-state index is 0.0324. The summed E-state index contributed by atoms with van der Waals surface area (Å²) in [6, 6.07) is 0. The molecule has 2 unspecified atom stereocenters. The first-order valence-corrected chi connectivity index (χ1v) is 3.40. The Morgan fingerprint density at radius 3 is 2.78 bits per heavy atom. The Bertz CT molecular complexity index is 164. The predicted molar refractivity (Wildman–Crippen MR) is 32.1 cm³/mol. The number of ether oxygens (including phenoxy) is 1. The Hall–Kier alpha value is -0.370. The molecule has 0 amide bonds. The zero-order valence-electron chi connectivity index (χ0n) is 5.52. The van der Waals surface area contributed by atoms with Crippen molar-refractivity contribution in [3.8, 4) is 0 Å². The van der Waals surface area contributed by atoms with Gasteiger partial charge in [-0.05, 0) is 19.8 Å². The van der Waals surface area contributed by atoms with E-state index in [4.69, 9.17) is 4.74 Å². The first-order valence-electron chi connectivity index (χ1n) is 3.40. The van der Waals surface area contributed by atoms with Crippen LogP contribution >= 0.6 is 0 Å². The monoisotopic (exact) mass is 126 g/mol. The first-order chi connectivity index (χ1) is 4.20. The van der Waals surface area contributed by atoms with Crippen molar-refractivity contribution in [1.82, 2.24) is 0 Å². The van der Waals surface area contributed by atoms with Gasteiger partial charge in [0.15, 0.2) is 5.78 Å². The largest absolute Gasteiger partial charge is 0.364 e. The highest BCUT2D eigenvalue weighted by Crippen LogP contribution is 2.40. The average Bonchev–Trinajstić information content (AvgIpc) is 2.20. The van der Waals surface area contributed by atoms with Gasteiger partial charge in [-0.3, -0.25) is 4.79 Å². The quantitative estimate of drug-likeness (QED) is 0.482. The van der Waals surface area contributed by atoms with Gasteiger partial charge in [0.2, 0.25) is 0 Å². The number of rotatable bonds is 0. The molecule has 0 spiro atoms. The number of carbonyl (C=O) groups excluding carboxylic acids is 1. The molecule has 2 fully saturated rings. The lowest BCUT2D eigenvalue weighted by atomic mass is 9.90. The van der Waals surface area contributed by atoms with Crippen molar-refractivity contribution < 1.29 is 9.53 Å². The topological polar surface area (TPSA) is 26.3 Å². The van der Waals surface area contributed by atoms with E-state index in [1.165, 1.54) is 0 Å². The van der Waals surface area contributed by atoms with Gasteiger partial charge in [0.25, 0.3) is 0 Å². The fourth-order valence-electron chi connectivity index (χ4n) is 1.74. The normalized spacial score (nSPS) is 48.6. The zero-order valence-corrected chi connectivity index (χ0v) is 5.52. The highest BCUT2D eigenvalue weighted by atomic mass is 16.5. The Morgan fingerprint density at radius 1 is 1.78 bits per heavy atom. The van der Waals surface area contributed by atoms with Crippen molar-refractivity contribution in [1.29, 1.82) is 0 Å². The molecular weight excluding hydrogens is 116 g/mol. The van der Waals surface area contributed by atoms with Gasteiger partial charge in [-0.15, -0.1) is 0 Å². The van der Waals surface area contributed by atoms with Gasteiger partial charge >= 0.3 is 0 Å². The molecule has 2 heteroatoms. The van der Waals surface area contributed by atoms with E-state index in [1.54, 1.807) is 0 Å². The first kappa shape index (κ1) is 5.42. The van der Waals surface area contributed by atoms with E-state index in [0.717, 1.165) is 12.8 Å². The SMILES string of the molecule is CC12CCC(O1)C(=O)C2. The van der Waals surface area contributed by atoms with Crippen LogP contribution in [-0.4, -0.2) is 17.5 Å². The molecule has 9 heavy (non-hydrogen) atoms. The Balaban J connectivity index is 2.28. The third-order valence-electron chi connectivity index (χ3n) is 2.27. The molecule has 2 aliphatic heterocycles. The standard InChI is InChI=1S/C7H10O2/c1-7-3-2-6(9-7)5(8)4-7/h6H,2-4H2,1H3. The lowest BCUT2D eigenvalue weighted by Crippen LogP contribution is -2.21. The van der Waals surface area contributed by atoms with E-state index in [0.29, 0.717) is 12.2 Å². The highest BCUT2D eigenvalue weighted by Gasteiger charge is 2.47. The lowest BCUT2D eigenvalue weighted by Gasteiger charge is -2.15. The summed E-state index contributed by atoms with van der Waals surface area (Å²) in [7, 11) is 0. The Labute approximate surface area is 54.2 Å². The number of carbonyl (C=O) groups is 1. The maximum absolute atomic E-state index is 10.9. The lowest BCUT2D eigenvalue weighted by molar-refractivity contribution is -0.121. The van der Waals surface area contributed by atoms with Crippen molar-refractivity contribution in [3.63, 3.8) is 0 Å². The van der Waals surface area contributed by atoms with Gasteiger partial charge in [0, 0.05) is 6.42 Å². The smallest absolute Gasteiger partial charge is 0.164 e. The van der Waals surface area contributed by atoms with E-state index in [9.17, 15) is 4.79 Å². The molecule has 2 aliphatic rings. The fraction of sp³-hybridized carbons (Fsp3) is 0.857. The van der Waals surface area contributed by atoms with Gasteiger partial charge in [0.1, 0.15) is 6.10 Å². The molecule has 0 aromatic carbocycles. The highest BCUT2D eigenvalue weighted by molar-refractivity contribution is 5.87. The van der Waals surface area contributed by atoms with E-state index in [2.05, 4.69) is 0 Å². The number of fused-ring (bicyclic) bond motifs is 2. The van der Waals surface area contributed by atoms with Crippen LogP contribution in [0.25, 0.3) is 0 Å². The minimum atomic E-state index is -0.0677. The third kappa shape index (κ3) is 0.628. The summed E-state index contributed by atoms with van der Waals surface area (Å²) >= 11 is 0. The van der Waals surface area contributed by atoms with Crippen LogP contribution in [0.15, 0.2) is 0 Å². The number of hydrogen-bond donors (Lipinski definition) is 0. The van der Waals surface area contributed by atoms with Crippen LogP contribution in [0.1, 0.15) is 26.2 Å². The Kier molecular flexibility index (Phi) is 0.826. The molecule has 2 atom stereocenters. The van der Waals surface area contributed by atoms with Crippen LogP contribution < -0.4 is 0 Å². The summed E-state index contributed by atoms with van der Waals surface area (Å²) in [4.78, 5) is 10.9. The van der Waals surface area contributed by atoms with E-state index >= 15 is 0 Å². The van der Waals surface area contributed by atoms with Crippen LogP contribution in [0.3, 0.4) is 0 Å². The average molecular weight is 126 g/mol. The summed E-state index contributed by atoms with van der Waals surface area (Å²) in [5.41, 5.74) is -0.0677. The maximum atomic E-state index is 10.9. The van der Waals surface area contributed by atoms with Gasteiger partial charge in [0.05, 0.1) is 5.60 Å². The van der Waals surface area contributed by atoms with Gasteiger partial charge in [-0.2, -0.15) is 0 Å². The second kappa shape index (κ2) is 1.37. The molecule has 0 saturated carbocycles. The third-order valence-corrected chi connectivity index (χ3v) is 2.27. The molecule has 2 rings (SSSR count). The molecule has 50 valence electrons. The number of Topliss-reactive ketones (excluding diaryl/α,β-unsaturated/α-hetero) is 1. The molecule has 0 aliphatic carbocycles. The summed E-state index contributed by atoms with van der Waals surface area (Å²) in [6.45, 7) is 2.03. The van der Waals surface area contributed by atoms with E-state index in [1.807, 2.05) is 6.92 Å². The zero-order chi connectivity index (χ0) is 6.48. The van der Waals surface area contributed by atoms with Crippen LogP contribution in [0.2, 0.25) is 0 Å². The predicted octanol–water partition coefficient (Wildman–Crippen LogP) is 0.897. The molecule has 2 heterocycles. The molecule has 0 aromatic heterocycles. The number of ketones is 1. The van der Waals surface area contributed by atoms with Gasteiger partial charge in [-0.1, -0.05) is 0 Å². The molecule has 2 saturated heterocycles. The maximum Gasteiger partial charge on any atom is 0.164 e. The van der Waals surface area contributed by atoms with Crippen molar-refractivity contribution in [2.45, 2.75) is 37.9 Å². The molecule has 2 bridgehead atoms. The molecule has 0 radical (unpaired) electrons. The van der Waals surface area contributed by atoms with E-state index < -0.39 is 0 Å². The van der Waals surface area contributed by atoms with Gasteiger partial charge < -0.3 is 4.74 Å². The van der Waals surface area contributed by atoms with Crippen LogP contribution in [0.5, 0.6) is 0 Å². The molecule has 0 N–H and O–H groups in total. The van der Waals surface area contributed by atoms with E-state index in [-0.39, 0.29) is 11.7 Å². The number of hydrogen-bond acceptors (Lipinski definition) is 2. The minimum Gasteiger partial charge on any atom is -0.364 e. The van der Waals surface area contributed by atoms with Crippen LogP contribution in [0.4, 0.5) is 0 Å².